The zero-order valence-corrected chi connectivity index (χ0v) is 9.88. The molecule has 0 aromatic heterocycles. The van der Waals surface area contributed by atoms with Gasteiger partial charge in [-0.25, -0.2) is 4.99 Å². The second-order valence-corrected chi connectivity index (χ2v) is 4.31. The third-order valence-corrected chi connectivity index (χ3v) is 3.25. The van der Waals surface area contributed by atoms with Crippen LogP contribution in [0.25, 0.3) is 0 Å². The molecule has 0 radical (unpaired) electrons. The zero-order valence-electron chi connectivity index (χ0n) is 9.88. The first-order chi connectivity index (χ1) is 8.75. The van der Waals surface area contributed by atoms with Crippen LogP contribution in [0.1, 0.15) is 11.1 Å². The molecule has 0 spiro atoms. The molecule has 1 atom stereocenters. The number of hydrogen-bond acceptors (Lipinski definition) is 2. The highest BCUT2D eigenvalue weighted by Crippen LogP contribution is 2.41. The van der Waals surface area contributed by atoms with Gasteiger partial charge in [-0.05, 0) is 17.7 Å². The monoisotopic (exact) mass is 235 g/mol. The Bertz CT molecular complexity index is 631. The molecule has 0 fully saturated rings. The fourth-order valence-corrected chi connectivity index (χ4v) is 2.31. The molecule has 88 valence electrons. The minimum absolute atomic E-state index is 0.638. The van der Waals surface area contributed by atoms with Crippen molar-refractivity contribution < 1.29 is 5.11 Å². The van der Waals surface area contributed by atoms with E-state index in [1.54, 1.807) is 6.08 Å². The standard InChI is InChI=1S/C16H13NO/c1-2-16(18)13-10-6-7-11-14(13)17-15(16)12-8-4-3-5-9-12/h2-11,18H,1H2. The predicted octanol–water partition coefficient (Wildman–Crippen LogP) is 3.19. The summed E-state index contributed by atoms with van der Waals surface area (Å²) in [6.07, 6.45) is 1.55. The van der Waals surface area contributed by atoms with Gasteiger partial charge >= 0.3 is 0 Å². The number of rotatable bonds is 2. The smallest absolute Gasteiger partial charge is 0.152 e. The molecule has 0 amide bonds. The molecule has 18 heavy (non-hydrogen) atoms. The Kier molecular flexibility index (Phi) is 2.39. The number of para-hydroxylation sites is 1. The van der Waals surface area contributed by atoms with Gasteiger partial charge in [0.25, 0.3) is 0 Å². The Morgan fingerprint density at radius 1 is 1.00 bits per heavy atom. The molecule has 3 rings (SSSR count). The summed E-state index contributed by atoms with van der Waals surface area (Å²) < 4.78 is 0. The largest absolute Gasteiger partial charge is 0.375 e. The van der Waals surface area contributed by atoms with Gasteiger partial charge in [0, 0.05) is 5.56 Å². The van der Waals surface area contributed by atoms with E-state index >= 15 is 0 Å². The highest BCUT2D eigenvalue weighted by atomic mass is 16.3. The minimum Gasteiger partial charge on any atom is -0.375 e. The summed E-state index contributed by atoms with van der Waals surface area (Å²) in [4.78, 5) is 4.54. The molecule has 0 saturated carbocycles. The van der Waals surface area contributed by atoms with Crippen molar-refractivity contribution in [1.29, 1.82) is 0 Å². The topological polar surface area (TPSA) is 32.6 Å². The van der Waals surface area contributed by atoms with Gasteiger partial charge in [-0.2, -0.15) is 0 Å². The highest BCUT2D eigenvalue weighted by Gasteiger charge is 2.39. The van der Waals surface area contributed by atoms with E-state index in [1.165, 1.54) is 0 Å². The average Bonchev–Trinajstić information content (AvgIpc) is 2.74. The van der Waals surface area contributed by atoms with Gasteiger partial charge in [0.05, 0.1) is 11.4 Å². The molecule has 1 heterocycles. The van der Waals surface area contributed by atoms with E-state index in [9.17, 15) is 5.11 Å². The molecule has 0 saturated heterocycles. The van der Waals surface area contributed by atoms with Crippen molar-refractivity contribution in [2.45, 2.75) is 5.60 Å². The second kappa shape index (κ2) is 3.93. The van der Waals surface area contributed by atoms with Crippen molar-refractivity contribution in [2.75, 3.05) is 0 Å². The van der Waals surface area contributed by atoms with E-state index in [4.69, 9.17) is 0 Å². The van der Waals surface area contributed by atoms with Gasteiger partial charge in [0.1, 0.15) is 0 Å². The third-order valence-electron chi connectivity index (χ3n) is 3.25. The molecule has 2 heteroatoms. The molecule has 1 unspecified atom stereocenters. The van der Waals surface area contributed by atoms with Crippen LogP contribution in [0.2, 0.25) is 0 Å². The van der Waals surface area contributed by atoms with Gasteiger partial charge in [-0.15, -0.1) is 0 Å². The average molecular weight is 235 g/mol. The van der Waals surface area contributed by atoms with E-state index in [0.29, 0.717) is 5.71 Å². The lowest BCUT2D eigenvalue weighted by Gasteiger charge is -2.22. The zero-order chi connectivity index (χ0) is 12.6. The Hall–Kier alpha value is -2.19. The van der Waals surface area contributed by atoms with Crippen molar-refractivity contribution in [3.63, 3.8) is 0 Å². The maximum atomic E-state index is 10.8. The maximum absolute atomic E-state index is 10.8. The molecule has 1 N–H and O–H groups in total. The lowest BCUT2D eigenvalue weighted by Crippen LogP contribution is -2.30. The van der Waals surface area contributed by atoms with Gasteiger partial charge in [-0.3, -0.25) is 0 Å². The molecule has 1 aliphatic rings. The van der Waals surface area contributed by atoms with Gasteiger partial charge in [0.15, 0.2) is 5.60 Å². The first-order valence-corrected chi connectivity index (χ1v) is 5.86. The molecular formula is C16H13NO. The van der Waals surface area contributed by atoms with Crippen LogP contribution < -0.4 is 0 Å². The van der Waals surface area contributed by atoms with Crippen molar-refractivity contribution >= 4 is 11.4 Å². The van der Waals surface area contributed by atoms with Crippen LogP contribution in [-0.2, 0) is 5.60 Å². The molecular weight excluding hydrogens is 222 g/mol. The second-order valence-electron chi connectivity index (χ2n) is 4.31. The molecule has 0 aliphatic carbocycles. The summed E-state index contributed by atoms with van der Waals surface area (Å²) in [5.41, 5.74) is 1.95. The lowest BCUT2D eigenvalue weighted by atomic mass is 9.87. The third kappa shape index (κ3) is 1.43. The van der Waals surface area contributed by atoms with E-state index < -0.39 is 5.60 Å². The summed E-state index contributed by atoms with van der Waals surface area (Å²) >= 11 is 0. The Morgan fingerprint density at radius 3 is 2.39 bits per heavy atom. The molecule has 2 aromatic carbocycles. The first kappa shape index (κ1) is 10.9. The van der Waals surface area contributed by atoms with Crippen LogP contribution in [0.15, 0.2) is 72.2 Å². The Labute approximate surface area is 106 Å². The van der Waals surface area contributed by atoms with Gasteiger partial charge < -0.3 is 5.11 Å². The summed E-state index contributed by atoms with van der Waals surface area (Å²) in [6.45, 7) is 3.76. The quantitative estimate of drug-likeness (QED) is 0.796. The Balaban J connectivity index is 2.21. The SMILES string of the molecule is C=CC1(O)C(c2ccccc2)=Nc2ccccc21. The van der Waals surface area contributed by atoms with Crippen molar-refractivity contribution in [3.05, 3.63) is 78.4 Å². The van der Waals surface area contributed by atoms with E-state index in [2.05, 4.69) is 11.6 Å². The van der Waals surface area contributed by atoms with Crippen LogP contribution in [-0.4, -0.2) is 10.8 Å². The lowest BCUT2D eigenvalue weighted by molar-refractivity contribution is 0.170. The first-order valence-electron chi connectivity index (χ1n) is 5.86. The van der Waals surface area contributed by atoms with Crippen LogP contribution in [0.4, 0.5) is 5.69 Å². The summed E-state index contributed by atoms with van der Waals surface area (Å²) in [7, 11) is 0. The summed E-state index contributed by atoms with van der Waals surface area (Å²) in [5, 5.41) is 10.8. The van der Waals surface area contributed by atoms with Crippen molar-refractivity contribution in [1.82, 2.24) is 0 Å². The fraction of sp³-hybridized carbons (Fsp3) is 0.0625. The number of nitrogens with zero attached hydrogens (tertiary/aromatic N) is 1. The molecule has 1 aliphatic heterocycles. The fourth-order valence-electron chi connectivity index (χ4n) is 2.31. The van der Waals surface area contributed by atoms with Gasteiger partial charge in [-0.1, -0.05) is 55.1 Å². The molecule has 0 bridgehead atoms. The minimum atomic E-state index is -1.20. The maximum Gasteiger partial charge on any atom is 0.152 e. The van der Waals surface area contributed by atoms with Crippen LogP contribution in [0, 0.1) is 0 Å². The molecule has 2 aromatic rings. The summed E-state index contributed by atoms with van der Waals surface area (Å²) in [6, 6.07) is 17.3. The Morgan fingerprint density at radius 2 is 1.67 bits per heavy atom. The van der Waals surface area contributed by atoms with Crippen molar-refractivity contribution in [3.8, 4) is 0 Å². The van der Waals surface area contributed by atoms with Crippen molar-refractivity contribution in [2.24, 2.45) is 4.99 Å². The van der Waals surface area contributed by atoms with Crippen LogP contribution in [0.3, 0.4) is 0 Å². The molecule has 2 nitrogen and oxygen atoms in total. The number of fused-ring (bicyclic) bond motifs is 1. The van der Waals surface area contributed by atoms with E-state index in [-0.39, 0.29) is 0 Å². The van der Waals surface area contributed by atoms with Gasteiger partial charge in [0.2, 0.25) is 0 Å². The number of aliphatic hydroxyl groups is 1. The van der Waals surface area contributed by atoms with E-state index in [1.807, 2.05) is 54.6 Å². The van der Waals surface area contributed by atoms with Crippen LogP contribution in [0.5, 0.6) is 0 Å². The van der Waals surface area contributed by atoms with E-state index in [0.717, 1.165) is 16.8 Å². The number of aliphatic imine (C=N–C) groups is 1. The number of hydrogen-bond donors (Lipinski definition) is 1. The predicted molar refractivity (Wildman–Crippen MR) is 73.2 cm³/mol. The normalized spacial score (nSPS) is 21.3. The summed E-state index contributed by atoms with van der Waals surface area (Å²) in [5.74, 6) is 0. The highest BCUT2D eigenvalue weighted by molar-refractivity contribution is 6.12. The number of benzene rings is 2. The van der Waals surface area contributed by atoms with Crippen LogP contribution >= 0.6 is 0 Å².